The molecular weight excluding hydrogens is 210 g/mol. The number of fused-ring (bicyclic) bond motifs is 1. The van der Waals surface area contributed by atoms with Crippen molar-refractivity contribution in [1.29, 1.82) is 0 Å². The van der Waals surface area contributed by atoms with Crippen molar-refractivity contribution in [2.24, 2.45) is 0 Å². The van der Waals surface area contributed by atoms with E-state index in [1.807, 2.05) is 0 Å². The smallest absolute Gasteiger partial charge is 0.354 e. The average Bonchev–Trinajstić information content (AvgIpc) is 2.93. The zero-order chi connectivity index (χ0) is 11.1. The molecule has 1 aliphatic rings. The molecule has 7 nitrogen and oxygen atoms in total. The molecule has 2 heterocycles. The molecule has 0 aliphatic heterocycles. The minimum Gasteiger partial charge on any atom is -0.477 e. The van der Waals surface area contributed by atoms with Gasteiger partial charge in [0.25, 0.3) is 5.78 Å². The quantitative estimate of drug-likeness (QED) is 0.776. The highest BCUT2D eigenvalue weighted by atomic mass is 16.4. The van der Waals surface area contributed by atoms with Crippen LogP contribution in [0.5, 0.6) is 0 Å². The minimum atomic E-state index is -1.07. The summed E-state index contributed by atoms with van der Waals surface area (Å²) in [6.07, 6.45) is 3.55. The van der Waals surface area contributed by atoms with Crippen molar-refractivity contribution >= 4 is 17.6 Å². The lowest BCUT2D eigenvalue weighted by molar-refractivity contribution is 0.0690. The van der Waals surface area contributed by atoms with E-state index in [1.54, 1.807) is 0 Å². The zero-order valence-corrected chi connectivity index (χ0v) is 8.29. The second-order valence-corrected chi connectivity index (χ2v) is 3.72. The van der Waals surface area contributed by atoms with Crippen LogP contribution in [0.25, 0.3) is 5.78 Å². The summed E-state index contributed by atoms with van der Waals surface area (Å²) in [6, 6.07) is 1.89. The average molecular weight is 219 g/mol. The zero-order valence-electron chi connectivity index (χ0n) is 8.29. The lowest BCUT2D eigenvalue weighted by atomic mass is 10.4. The molecule has 0 saturated heterocycles. The molecule has 2 aromatic rings. The highest BCUT2D eigenvalue weighted by molar-refractivity contribution is 5.86. The van der Waals surface area contributed by atoms with E-state index in [-0.39, 0.29) is 5.69 Å². The van der Waals surface area contributed by atoms with Gasteiger partial charge in [-0.2, -0.15) is 14.6 Å². The van der Waals surface area contributed by atoms with Crippen molar-refractivity contribution in [3.05, 3.63) is 18.1 Å². The molecule has 0 atom stereocenters. The number of hydrogen-bond acceptors (Lipinski definition) is 5. The summed E-state index contributed by atoms with van der Waals surface area (Å²) < 4.78 is 1.50. The second-order valence-electron chi connectivity index (χ2n) is 3.72. The summed E-state index contributed by atoms with van der Waals surface area (Å²) in [7, 11) is 0. The van der Waals surface area contributed by atoms with Crippen LogP contribution in [0.1, 0.15) is 23.3 Å². The number of aromatic nitrogens is 4. The molecule has 0 unspecified atom stereocenters. The van der Waals surface area contributed by atoms with E-state index < -0.39 is 5.97 Å². The fourth-order valence-electron chi connectivity index (χ4n) is 1.46. The van der Waals surface area contributed by atoms with Crippen molar-refractivity contribution in [3.63, 3.8) is 0 Å². The third kappa shape index (κ3) is 1.46. The Hall–Kier alpha value is -2.18. The Morgan fingerprint density at radius 2 is 2.38 bits per heavy atom. The van der Waals surface area contributed by atoms with Gasteiger partial charge in [-0.25, -0.2) is 9.78 Å². The molecule has 0 amide bonds. The van der Waals surface area contributed by atoms with Gasteiger partial charge < -0.3 is 10.4 Å². The number of nitrogens with zero attached hydrogens (tertiary/aromatic N) is 4. The summed E-state index contributed by atoms with van der Waals surface area (Å²) in [5.41, 5.74) is -0.0244. The molecule has 1 aliphatic carbocycles. The standard InChI is InChI=1S/C9H9N5O2/c15-8(16)6-3-7(12-5-1-2-5)14-9(13-6)10-4-11-14/h3-5,12H,1-2H2,(H,15,16). The Balaban J connectivity index is 2.13. The molecule has 82 valence electrons. The van der Waals surface area contributed by atoms with Crippen LogP contribution in [-0.2, 0) is 0 Å². The minimum absolute atomic E-state index is 0.0244. The van der Waals surface area contributed by atoms with Crippen LogP contribution in [-0.4, -0.2) is 36.7 Å². The van der Waals surface area contributed by atoms with Gasteiger partial charge in [0, 0.05) is 12.1 Å². The molecule has 3 rings (SSSR count). The Labute approximate surface area is 90.1 Å². The van der Waals surface area contributed by atoms with Crippen LogP contribution in [0.2, 0.25) is 0 Å². The molecule has 2 N–H and O–H groups in total. The third-order valence-corrected chi connectivity index (χ3v) is 2.40. The molecule has 16 heavy (non-hydrogen) atoms. The first-order valence-electron chi connectivity index (χ1n) is 4.94. The van der Waals surface area contributed by atoms with Gasteiger partial charge in [-0.05, 0) is 12.8 Å². The van der Waals surface area contributed by atoms with Crippen LogP contribution in [0.4, 0.5) is 5.82 Å². The molecule has 0 radical (unpaired) electrons. The van der Waals surface area contributed by atoms with Gasteiger partial charge in [-0.15, -0.1) is 0 Å². The van der Waals surface area contributed by atoms with Crippen molar-refractivity contribution in [3.8, 4) is 0 Å². The van der Waals surface area contributed by atoms with Crippen molar-refractivity contribution < 1.29 is 9.90 Å². The maximum atomic E-state index is 10.9. The van der Waals surface area contributed by atoms with Gasteiger partial charge in [0.2, 0.25) is 0 Å². The molecule has 7 heteroatoms. The van der Waals surface area contributed by atoms with Gasteiger partial charge in [0.05, 0.1) is 0 Å². The summed E-state index contributed by atoms with van der Waals surface area (Å²) in [4.78, 5) is 18.6. The van der Waals surface area contributed by atoms with Gasteiger partial charge in [0.15, 0.2) is 5.69 Å². The summed E-state index contributed by atoms with van der Waals surface area (Å²) in [6.45, 7) is 0. The Bertz CT molecular complexity index is 560. The summed E-state index contributed by atoms with van der Waals surface area (Å²) in [5.74, 6) is -0.144. The van der Waals surface area contributed by atoms with Crippen LogP contribution in [0.3, 0.4) is 0 Å². The molecule has 1 saturated carbocycles. The normalized spacial score (nSPS) is 15.2. The summed E-state index contributed by atoms with van der Waals surface area (Å²) >= 11 is 0. The van der Waals surface area contributed by atoms with Crippen molar-refractivity contribution in [1.82, 2.24) is 19.6 Å². The highest BCUT2D eigenvalue weighted by Gasteiger charge is 2.23. The number of carbonyl (C=O) groups is 1. The van der Waals surface area contributed by atoms with Gasteiger partial charge in [-0.1, -0.05) is 0 Å². The predicted octanol–water partition coefficient (Wildman–Crippen LogP) is 0.397. The monoisotopic (exact) mass is 219 g/mol. The van der Waals surface area contributed by atoms with E-state index in [2.05, 4.69) is 20.4 Å². The number of rotatable bonds is 3. The molecule has 0 aromatic carbocycles. The van der Waals surface area contributed by atoms with Crippen LogP contribution < -0.4 is 5.32 Å². The number of hydrogen-bond donors (Lipinski definition) is 2. The SMILES string of the molecule is O=C(O)c1cc(NC2CC2)n2ncnc2n1. The number of carboxylic acid groups (broad SMARTS) is 1. The van der Waals surface area contributed by atoms with E-state index in [1.165, 1.54) is 16.9 Å². The molecule has 0 spiro atoms. The van der Waals surface area contributed by atoms with Crippen LogP contribution in [0, 0.1) is 0 Å². The van der Waals surface area contributed by atoms with Crippen LogP contribution >= 0.6 is 0 Å². The fourth-order valence-corrected chi connectivity index (χ4v) is 1.46. The number of carboxylic acids is 1. The lowest BCUT2D eigenvalue weighted by Gasteiger charge is -2.06. The van der Waals surface area contributed by atoms with Crippen molar-refractivity contribution in [2.45, 2.75) is 18.9 Å². The Kier molecular flexibility index (Phi) is 1.79. The number of aromatic carboxylic acids is 1. The van der Waals surface area contributed by atoms with Gasteiger partial charge in [-0.3, -0.25) is 0 Å². The van der Waals surface area contributed by atoms with E-state index in [0.717, 1.165) is 12.8 Å². The topological polar surface area (TPSA) is 92.4 Å². The summed E-state index contributed by atoms with van der Waals surface area (Å²) in [5, 5.41) is 16.1. The number of anilines is 1. The molecule has 1 fully saturated rings. The highest BCUT2D eigenvalue weighted by Crippen LogP contribution is 2.24. The van der Waals surface area contributed by atoms with Crippen LogP contribution in [0.15, 0.2) is 12.4 Å². The number of nitrogens with one attached hydrogen (secondary N) is 1. The van der Waals surface area contributed by atoms with E-state index in [0.29, 0.717) is 17.6 Å². The second kappa shape index (κ2) is 3.16. The first kappa shape index (κ1) is 9.08. The molecular formula is C9H9N5O2. The Morgan fingerprint density at radius 1 is 1.56 bits per heavy atom. The largest absolute Gasteiger partial charge is 0.477 e. The van der Waals surface area contributed by atoms with E-state index in [4.69, 9.17) is 5.11 Å². The molecule has 0 bridgehead atoms. The maximum Gasteiger partial charge on any atom is 0.354 e. The fraction of sp³-hybridized carbons (Fsp3) is 0.333. The van der Waals surface area contributed by atoms with Crippen molar-refractivity contribution in [2.75, 3.05) is 5.32 Å². The maximum absolute atomic E-state index is 10.9. The first-order chi connectivity index (χ1) is 7.74. The first-order valence-corrected chi connectivity index (χ1v) is 4.94. The molecule has 2 aromatic heterocycles. The van der Waals surface area contributed by atoms with E-state index in [9.17, 15) is 4.79 Å². The third-order valence-electron chi connectivity index (χ3n) is 2.40. The lowest BCUT2D eigenvalue weighted by Crippen LogP contribution is -2.11. The Morgan fingerprint density at radius 3 is 3.06 bits per heavy atom. The van der Waals surface area contributed by atoms with E-state index >= 15 is 0 Å². The van der Waals surface area contributed by atoms with Gasteiger partial charge >= 0.3 is 5.97 Å². The van der Waals surface area contributed by atoms with Gasteiger partial charge in [0.1, 0.15) is 12.1 Å². The predicted molar refractivity (Wildman–Crippen MR) is 54.4 cm³/mol.